The first-order chi connectivity index (χ1) is 6.57. The van der Waals surface area contributed by atoms with Crippen molar-refractivity contribution in [2.75, 3.05) is 6.61 Å². The van der Waals surface area contributed by atoms with Gasteiger partial charge in [-0.15, -0.1) is 0 Å². The zero-order valence-electron chi connectivity index (χ0n) is 8.15. The van der Waals surface area contributed by atoms with Gasteiger partial charge in [-0.05, 0) is 12.5 Å². The van der Waals surface area contributed by atoms with Crippen molar-refractivity contribution in [3.63, 3.8) is 0 Å². The summed E-state index contributed by atoms with van der Waals surface area (Å²) in [5.74, 6) is 0.742. The summed E-state index contributed by atoms with van der Waals surface area (Å²) in [6, 6.07) is 4.86. The van der Waals surface area contributed by atoms with Gasteiger partial charge >= 0.3 is 0 Å². The standard InChI is InChI=1S/C10H12NO3/c1-7(6-12)9-4-3-5-10(8(9)2)11(13)14/h3-5,12H,6H2,1-2H3. The highest BCUT2D eigenvalue weighted by atomic mass is 16.6. The molecule has 1 aromatic carbocycles. The highest BCUT2D eigenvalue weighted by molar-refractivity contribution is 5.49. The summed E-state index contributed by atoms with van der Waals surface area (Å²) >= 11 is 0. The average molecular weight is 194 g/mol. The Kier molecular flexibility index (Phi) is 3.19. The van der Waals surface area contributed by atoms with Gasteiger partial charge in [0.25, 0.3) is 5.69 Å². The van der Waals surface area contributed by atoms with Crippen molar-refractivity contribution in [1.29, 1.82) is 0 Å². The van der Waals surface area contributed by atoms with E-state index >= 15 is 0 Å². The second-order valence-electron chi connectivity index (χ2n) is 3.15. The topological polar surface area (TPSA) is 63.4 Å². The lowest BCUT2D eigenvalue weighted by atomic mass is 9.96. The lowest BCUT2D eigenvalue weighted by molar-refractivity contribution is -0.385. The van der Waals surface area contributed by atoms with E-state index in [0.717, 1.165) is 11.5 Å². The number of aliphatic hydroxyl groups is 1. The normalized spacial score (nSPS) is 10.6. The zero-order valence-corrected chi connectivity index (χ0v) is 8.15. The molecule has 1 radical (unpaired) electrons. The van der Waals surface area contributed by atoms with Gasteiger partial charge in [0, 0.05) is 17.5 Å². The summed E-state index contributed by atoms with van der Waals surface area (Å²) in [5, 5.41) is 19.6. The Labute approximate surface area is 82.3 Å². The highest BCUT2D eigenvalue weighted by Crippen LogP contribution is 2.25. The van der Waals surface area contributed by atoms with Crippen LogP contribution < -0.4 is 0 Å². The van der Waals surface area contributed by atoms with Gasteiger partial charge < -0.3 is 5.11 Å². The molecule has 4 nitrogen and oxygen atoms in total. The highest BCUT2D eigenvalue weighted by Gasteiger charge is 2.16. The number of benzene rings is 1. The van der Waals surface area contributed by atoms with Crippen LogP contribution in [0.3, 0.4) is 0 Å². The lowest BCUT2D eigenvalue weighted by Crippen LogP contribution is -2.04. The van der Waals surface area contributed by atoms with Crippen LogP contribution in [0.4, 0.5) is 5.69 Å². The van der Waals surface area contributed by atoms with Crippen LogP contribution in [0.5, 0.6) is 0 Å². The molecule has 4 heteroatoms. The fourth-order valence-electron chi connectivity index (χ4n) is 1.37. The fraction of sp³-hybridized carbons (Fsp3) is 0.300. The molecule has 0 saturated carbocycles. The van der Waals surface area contributed by atoms with Gasteiger partial charge in [0.1, 0.15) is 0 Å². The lowest BCUT2D eigenvalue weighted by Gasteiger charge is -2.10. The molecule has 0 aliphatic heterocycles. The molecule has 1 rings (SSSR count). The fourth-order valence-corrected chi connectivity index (χ4v) is 1.37. The minimum atomic E-state index is -0.413. The van der Waals surface area contributed by atoms with Gasteiger partial charge in [-0.1, -0.05) is 19.1 Å². The van der Waals surface area contributed by atoms with E-state index in [1.807, 2.05) is 0 Å². The molecule has 1 N–H and O–H groups in total. The molecule has 0 unspecified atom stereocenters. The molecule has 75 valence electrons. The Morgan fingerprint density at radius 2 is 2.21 bits per heavy atom. The molecule has 0 aliphatic rings. The summed E-state index contributed by atoms with van der Waals surface area (Å²) < 4.78 is 0. The van der Waals surface area contributed by atoms with Crippen LogP contribution >= 0.6 is 0 Å². The number of rotatable bonds is 3. The van der Waals surface area contributed by atoms with E-state index in [4.69, 9.17) is 5.11 Å². The van der Waals surface area contributed by atoms with Crippen LogP contribution in [-0.4, -0.2) is 16.6 Å². The van der Waals surface area contributed by atoms with Gasteiger partial charge in [-0.25, -0.2) is 0 Å². The Morgan fingerprint density at radius 3 is 2.71 bits per heavy atom. The van der Waals surface area contributed by atoms with Gasteiger partial charge in [-0.2, -0.15) is 0 Å². The number of nitro benzene ring substituents is 1. The average Bonchev–Trinajstić information content (AvgIpc) is 2.16. The van der Waals surface area contributed by atoms with Crippen molar-refractivity contribution in [1.82, 2.24) is 0 Å². The van der Waals surface area contributed by atoms with E-state index in [2.05, 4.69) is 0 Å². The molecular formula is C10H12NO3. The molecule has 1 aromatic rings. The summed E-state index contributed by atoms with van der Waals surface area (Å²) in [4.78, 5) is 10.2. The molecule has 0 fully saturated rings. The Bertz CT molecular complexity index is 349. The number of aliphatic hydroxyl groups excluding tert-OH is 1. The molecule has 0 amide bonds. The van der Waals surface area contributed by atoms with Crippen LogP contribution in [0, 0.1) is 23.0 Å². The SMILES string of the molecule is C[C](CO)c1cccc([N+](=O)[O-])c1C. The number of nitro groups is 1. The molecule has 0 spiro atoms. The summed E-state index contributed by atoms with van der Waals surface area (Å²) in [7, 11) is 0. The zero-order chi connectivity index (χ0) is 10.7. The molecule has 14 heavy (non-hydrogen) atoms. The van der Waals surface area contributed by atoms with E-state index in [1.54, 1.807) is 26.0 Å². The van der Waals surface area contributed by atoms with Crippen LogP contribution in [-0.2, 0) is 0 Å². The third-order valence-corrected chi connectivity index (χ3v) is 2.20. The first-order valence-electron chi connectivity index (χ1n) is 4.25. The van der Waals surface area contributed by atoms with Gasteiger partial charge in [-0.3, -0.25) is 10.1 Å². The van der Waals surface area contributed by atoms with E-state index in [9.17, 15) is 10.1 Å². The molecule has 0 heterocycles. The largest absolute Gasteiger partial charge is 0.395 e. The maximum absolute atomic E-state index is 10.6. The van der Waals surface area contributed by atoms with Crippen LogP contribution in [0.2, 0.25) is 0 Å². The van der Waals surface area contributed by atoms with Gasteiger partial charge in [0.2, 0.25) is 0 Å². The van der Waals surface area contributed by atoms with Crippen molar-refractivity contribution >= 4 is 5.69 Å². The monoisotopic (exact) mass is 194 g/mol. The minimum Gasteiger partial charge on any atom is -0.395 e. The molecule has 0 aromatic heterocycles. The molecule has 0 aliphatic carbocycles. The van der Waals surface area contributed by atoms with Crippen LogP contribution in [0.25, 0.3) is 0 Å². The van der Waals surface area contributed by atoms with E-state index in [0.29, 0.717) is 5.56 Å². The van der Waals surface area contributed by atoms with Gasteiger partial charge in [0.15, 0.2) is 0 Å². The van der Waals surface area contributed by atoms with Crippen LogP contribution in [0.1, 0.15) is 18.1 Å². The van der Waals surface area contributed by atoms with Crippen molar-refractivity contribution in [3.8, 4) is 0 Å². The second-order valence-corrected chi connectivity index (χ2v) is 3.15. The smallest absolute Gasteiger partial charge is 0.272 e. The van der Waals surface area contributed by atoms with Crippen molar-refractivity contribution in [3.05, 3.63) is 45.4 Å². The predicted octanol–water partition coefficient (Wildman–Crippen LogP) is 1.84. The number of hydrogen-bond acceptors (Lipinski definition) is 3. The summed E-state index contributed by atoms with van der Waals surface area (Å²) in [5.41, 5.74) is 1.45. The second kappa shape index (κ2) is 4.19. The first kappa shape index (κ1) is 10.7. The third kappa shape index (κ3) is 1.90. The van der Waals surface area contributed by atoms with Crippen LogP contribution in [0.15, 0.2) is 18.2 Å². The van der Waals surface area contributed by atoms with Crippen molar-refractivity contribution in [2.24, 2.45) is 0 Å². The Hall–Kier alpha value is -1.42. The van der Waals surface area contributed by atoms with E-state index in [1.165, 1.54) is 6.07 Å². The minimum absolute atomic E-state index is 0.0813. The van der Waals surface area contributed by atoms with Gasteiger partial charge in [0.05, 0.1) is 11.5 Å². The molecule has 0 atom stereocenters. The maximum Gasteiger partial charge on any atom is 0.272 e. The van der Waals surface area contributed by atoms with E-state index < -0.39 is 4.92 Å². The first-order valence-corrected chi connectivity index (χ1v) is 4.25. The number of nitrogens with zero attached hydrogens (tertiary/aromatic N) is 1. The molecule has 0 saturated heterocycles. The molecule has 0 bridgehead atoms. The predicted molar refractivity (Wildman–Crippen MR) is 52.9 cm³/mol. The quantitative estimate of drug-likeness (QED) is 0.589. The summed E-state index contributed by atoms with van der Waals surface area (Å²) in [6.07, 6.45) is 0. The van der Waals surface area contributed by atoms with Crippen molar-refractivity contribution < 1.29 is 10.0 Å². The Morgan fingerprint density at radius 1 is 1.57 bits per heavy atom. The maximum atomic E-state index is 10.6. The van der Waals surface area contributed by atoms with Crippen molar-refractivity contribution in [2.45, 2.75) is 13.8 Å². The summed E-state index contributed by atoms with van der Waals surface area (Å²) in [6.45, 7) is 3.36. The third-order valence-electron chi connectivity index (χ3n) is 2.20. The number of hydrogen-bond donors (Lipinski definition) is 1. The molecular weight excluding hydrogens is 182 g/mol. The van der Waals surface area contributed by atoms with E-state index in [-0.39, 0.29) is 12.3 Å². The Balaban J connectivity index is 3.20.